The van der Waals surface area contributed by atoms with Crippen molar-refractivity contribution in [3.05, 3.63) is 70.5 Å². The molecule has 0 bridgehead atoms. The minimum atomic E-state index is 0. The number of piperidine rings is 1. The molecule has 0 saturated carbocycles. The second-order valence-corrected chi connectivity index (χ2v) is 7.53. The van der Waals surface area contributed by atoms with Crippen molar-refractivity contribution in [2.45, 2.75) is 46.1 Å². The minimum absolute atomic E-state index is 0. The van der Waals surface area contributed by atoms with Gasteiger partial charge in [0.2, 0.25) is 0 Å². The summed E-state index contributed by atoms with van der Waals surface area (Å²) in [6.45, 7) is 9.86. The lowest BCUT2D eigenvalue weighted by Crippen LogP contribution is -2.32. The zero-order valence-corrected chi connectivity index (χ0v) is 16.7. The SMILES string of the molecule is Cc1oc2c(C)cc(C3CCN(Cc4ccccc4)CC3)cc2c1C.Cl. The Bertz CT molecular complexity index is 876. The third kappa shape index (κ3) is 3.67. The molecular formula is C23H28ClNO. The molecule has 1 saturated heterocycles. The van der Waals surface area contributed by atoms with E-state index in [2.05, 4.69) is 68.1 Å². The van der Waals surface area contributed by atoms with Crippen LogP contribution < -0.4 is 0 Å². The first-order chi connectivity index (χ1) is 12.1. The van der Waals surface area contributed by atoms with E-state index in [4.69, 9.17) is 4.42 Å². The predicted octanol–water partition coefficient (Wildman–Crippen LogP) is 6.16. The van der Waals surface area contributed by atoms with Gasteiger partial charge in [-0.3, -0.25) is 4.90 Å². The van der Waals surface area contributed by atoms with Gasteiger partial charge in [-0.15, -0.1) is 12.4 Å². The molecular weight excluding hydrogens is 342 g/mol. The van der Waals surface area contributed by atoms with E-state index >= 15 is 0 Å². The summed E-state index contributed by atoms with van der Waals surface area (Å²) in [4.78, 5) is 2.59. The molecule has 138 valence electrons. The fourth-order valence-electron chi connectivity index (χ4n) is 4.14. The molecule has 3 heteroatoms. The van der Waals surface area contributed by atoms with Crippen LogP contribution in [0, 0.1) is 20.8 Å². The van der Waals surface area contributed by atoms with Crippen LogP contribution in [0.25, 0.3) is 11.0 Å². The van der Waals surface area contributed by atoms with Gasteiger partial charge in [-0.2, -0.15) is 0 Å². The number of hydrogen-bond donors (Lipinski definition) is 0. The van der Waals surface area contributed by atoms with Gasteiger partial charge in [0, 0.05) is 11.9 Å². The highest BCUT2D eigenvalue weighted by Crippen LogP contribution is 2.35. The fourth-order valence-corrected chi connectivity index (χ4v) is 4.14. The molecule has 1 aromatic heterocycles. The zero-order valence-electron chi connectivity index (χ0n) is 15.9. The first kappa shape index (κ1) is 19.0. The average Bonchev–Trinajstić information content (AvgIpc) is 2.92. The van der Waals surface area contributed by atoms with Crippen LogP contribution in [-0.4, -0.2) is 18.0 Å². The fraction of sp³-hybridized carbons (Fsp3) is 0.391. The van der Waals surface area contributed by atoms with Crippen LogP contribution in [0.1, 0.15) is 46.8 Å². The van der Waals surface area contributed by atoms with Crippen molar-refractivity contribution in [1.82, 2.24) is 4.90 Å². The summed E-state index contributed by atoms with van der Waals surface area (Å²) in [6.07, 6.45) is 2.49. The maximum absolute atomic E-state index is 5.95. The maximum Gasteiger partial charge on any atom is 0.137 e. The van der Waals surface area contributed by atoms with Gasteiger partial charge in [0.05, 0.1) is 0 Å². The minimum Gasteiger partial charge on any atom is -0.461 e. The molecule has 0 N–H and O–H groups in total. The lowest BCUT2D eigenvalue weighted by atomic mass is 9.87. The van der Waals surface area contributed by atoms with Gasteiger partial charge >= 0.3 is 0 Å². The topological polar surface area (TPSA) is 16.4 Å². The highest BCUT2D eigenvalue weighted by Gasteiger charge is 2.22. The van der Waals surface area contributed by atoms with Gasteiger partial charge in [-0.05, 0) is 80.9 Å². The Morgan fingerprint density at radius 2 is 1.69 bits per heavy atom. The normalized spacial score (nSPS) is 16.0. The lowest BCUT2D eigenvalue weighted by Gasteiger charge is -2.32. The summed E-state index contributed by atoms with van der Waals surface area (Å²) >= 11 is 0. The summed E-state index contributed by atoms with van der Waals surface area (Å²) in [5.74, 6) is 1.72. The third-order valence-corrected chi connectivity index (χ3v) is 5.79. The van der Waals surface area contributed by atoms with Gasteiger partial charge in [-0.1, -0.05) is 36.4 Å². The molecule has 1 aliphatic rings. The van der Waals surface area contributed by atoms with Crippen LogP contribution in [0.15, 0.2) is 46.9 Å². The Morgan fingerprint density at radius 3 is 2.38 bits per heavy atom. The average molecular weight is 370 g/mol. The number of rotatable bonds is 3. The molecule has 0 aliphatic carbocycles. The zero-order chi connectivity index (χ0) is 17.4. The Kier molecular flexibility index (Phi) is 5.74. The van der Waals surface area contributed by atoms with E-state index in [-0.39, 0.29) is 12.4 Å². The Balaban J connectivity index is 0.00000196. The van der Waals surface area contributed by atoms with Crippen molar-refractivity contribution < 1.29 is 4.42 Å². The van der Waals surface area contributed by atoms with Gasteiger partial charge in [0.15, 0.2) is 0 Å². The molecule has 2 aromatic carbocycles. The summed E-state index contributed by atoms with van der Waals surface area (Å²) in [7, 11) is 0. The lowest BCUT2D eigenvalue weighted by molar-refractivity contribution is 0.204. The number of halogens is 1. The van der Waals surface area contributed by atoms with Crippen LogP contribution in [0.5, 0.6) is 0 Å². The summed E-state index contributed by atoms with van der Waals surface area (Å²) < 4.78 is 5.95. The monoisotopic (exact) mass is 369 g/mol. The van der Waals surface area contributed by atoms with Crippen LogP contribution in [-0.2, 0) is 6.54 Å². The number of aryl methyl sites for hydroxylation is 3. The second-order valence-electron chi connectivity index (χ2n) is 7.53. The molecule has 26 heavy (non-hydrogen) atoms. The van der Waals surface area contributed by atoms with Crippen molar-refractivity contribution in [2.75, 3.05) is 13.1 Å². The van der Waals surface area contributed by atoms with E-state index in [1.165, 1.54) is 53.6 Å². The Morgan fingerprint density at radius 1 is 1.00 bits per heavy atom. The molecule has 0 spiro atoms. The largest absolute Gasteiger partial charge is 0.461 e. The second kappa shape index (κ2) is 7.85. The maximum atomic E-state index is 5.95. The number of nitrogens with zero attached hydrogens (tertiary/aromatic N) is 1. The molecule has 1 fully saturated rings. The quantitative estimate of drug-likeness (QED) is 0.549. The molecule has 3 aromatic rings. The molecule has 0 unspecified atom stereocenters. The van der Waals surface area contributed by atoms with E-state index < -0.39 is 0 Å². The van der Waals surface area contributed by atoms with E-state index in [0.717, 1.165) is 17.9 Å². The number of benzene rings is 2. The van der Waals surface area contributed by atoms with Crippen LogP contribution in [0.3, 0.4) is 0 Å². The van der Waals surface area contributed by atoms with E-state index in [9.17, 15) is 0 Å². The number of fused-ring (bicyclic) bond motifs is 1. The van der Waals surface area contributed by atoms with E-state index in [1.807, 2.05) is 0 Å². The van der Waals surface area contributed by atoms with Gasteiger partial charge in [-0.25, -0.2) is 0 Å². The Labute approximate surface area is 162 Å². The Hall–Kier alpha value is -1.77. The molecule has 4 rings (SSSR count). The number of furan rings is 1. The summed E-state index contributed by atoms with van der Waals surface area (Å²) in [5, 5.41) is 1.30. The molecule has 0 amide bonds. The van der Waals surface area contributed by atoms with Crippen molar-refractivity contribution in [1.29, 1.82) is 0 Å². The standard InChI is InChI=1S/C23H27NO.ClH/c1-16-13-21(14-22-17(2)18(3)25-23(16)22)20-9-11-24(12-10-20)15-19-7-5-4-6-8-19;/h4-8,13-14,20H,9-12,15H2,1-3H3;1H. The highest BCUT2D eigenvalue weighted by atomic mass is 35.5. The molecule has 2 nitrogen and oxygen atoms in total. The van der Waals surface area contributed by atoms with Crippen molar-refractivity contribution in [3.63, 3.8) is 0 Å². The van der Waals surface area contributed by atoms with E-state index in [1.54, 1.807) is 0 Å². The first-order valence-corrected chi connectivity index (χ1v) is 9.38. The summed E-state index contributed by atoms with van der Waals surface area (Å²) in [5.41, 5.74) is 6.55. The predicted molar refractivity (Wildman–Crippen MR) is 111 cm³/mol. The van der Waals surface area contributed by atoms with E-state index in [0.29, 0.717) is 5.92 Å². The third-order valence-electron chi connectivity index (χ3n) is 5.79. The summed E-state index contributed by atoms with van der Waals surface area (Å²) in [6, 6.07) is 15.5. The van der Waals surface area contributed by atoms with Crippen molar-refractivity contribution >= 4 is 23.4 Å². The van der Waals surface area contributed by atoms with Gasteiger partial charge in [0.25, 0.3) is 0 Å². The molecule has 0 radical (unpaired) electrons. The van der Waals surface area contributed by atoms with Gasteiger partial charge in [0.1, 0.15) is 11.3 Å². The van der Waals surface area contributed by atoms with Crippen molar-refractivity contribution in [3.8, 4) is 0 Å². The van der Waals surface area contributed by atoms with Crippen LogP contribution in [0.2, 0.25) is 0 Å². The highest BCUT2D eigenvalue weighted by molar-refractivity contribution is 5.86. The first-order valence-electron chi connectivity index (χ1n) is 9.38. The van der Waals surface area contributed by atoms with Crippen LogP contribution in [0.4, 0.5) is 0 Å². The van der Waals surface area contributed by atoms with Gasteiger partial charge < -0.3 is 4.42 Å². The molecule has 1 aliphatic heterocycles. The molecule has 2 heterocycles. The smallest absolute Gasteiger partial charge is 0.137 e. The van der Waals surface area contributed by atoms with Crippen LogP contribution >= 0.6 is 12.4 Å². The number of likely N-dealkylation sites (tertiary alicyclic amines) is 1. The molecule has 0 atom stereocenters. The number of hydrogen-bond acceptors (Lipinski definition) is 2. The van der Waals surface area contributed by atoms with Crippen molar-refractivity contribution in [2.24, 2.45) is 0 Å².